The van der Waals surface area contributed by atoms with E-state index in [0.717, 1.165) is 0 Å². The lowest BCUT2D eigenvalue weighted by Crippen LogP contribution is -2.99. The zero-order valence-corrected chi connectivity index (χ0v) is 9.35. The first-order chi connectivity index (χ1) is 5.62. The molecule has 74 valence electrons. The number of hydrogen-bond donors (Lipinski definition) is 1. The van der Waals surface area contributed by atoms with E-state index >= 15 is 0 Å². The minimum atomic E-state index is 0.657. The Hall–Kier alpha value is -0.0800. The standard InChI is InChI=1S/C8H18N2.C2H6/c1-8(6-9-7-8)4-5-10(2)3;1-2/h9H,4-7H2,1-3H3;1-2H3/p+1. The molecule has 1 aliphatic heterocycles. The lowest BCUT2D eigenvalue weighted by molar-refractivity contribution is -0.740. The van der Waals surface area contributed by atoms with Crippen molar-refractivity contribution < 1.29 is 5.32 Å². The fourth-order valence-electron chi connectivity index (χ4n) is 1.33. The van der Waals surface area contributed by atoms with Crippen molar-refractivity contribution in [3.63, 3.8) is 0 Å². The van der Waals surface area contributed by atoms with Crippen LogP contribution in [0.25, 0.3) is 0 Å². The van der Waals surface area contributed by atoms with Crippen LogP contribution in [-0.4, -0.2) is 38.6 Å². The van der Waals surface area contributed by atoms with E-state index in [4.69, 9.17) is 0 Å². The Morgan fingerprint density at radius 3 is 2.00 bits per heavy atom. The summed E-state index contributed by atoms with van der Waals surface area (Å²) in [5.41, 5.74) is 0.657. The normalized spacial score (nSPS) is 19.5. The van der Waals surface area contributed by atoms with Crippen molar-refractivity contribution in [1.29, 1.82) is 0 Å². The molecular weight excluding hydrogens is 148 g/mol. The molecule has 0 aliphatic carbocycles. The molecule has 0 aromatic carbocycles. The van der Waals surface area contributed by atoms with E-state index in [1.807, 2.05) is 13.8 Å². The molecule has 0 aromatic heterocycles. The van der Waals surface area contributed by atoms with Crippen LogP contribution >= 0.6 is 0 Å². The molecule has 1 aliphatic rings. The summed E-state index contributed by atoms with van der Waals surface area (Å²) in [4.78, 5) is 2.27. The Labute approximate surface area is 77.3 Å². The lowest BCUT2D eigenvalue weighted by atomic mass is 9.81. The first-order valence-electron chi connectivity index (χ1n) is 5.09. The Bertz CT molecular complexity index is 106. The number of quaternary nitrogens is 1. The van der Waals surface area contributed by atoms with Gasteiger partial charge in [-0.15, -0.1) is 0 Å². The van der Waals surface area contributed by atoms with E-state index in [-0.39, 0.29) is 0 Å². The molecule has 0 spiro atoms. The van der Waals surface area contributed by atoms with Crippen LogP contribution in [0.2, 0.25) is 0 Å². The van der Waals surface area contributed by atoms with Crippen molar-refractivity contribution in [1.82, 2.24) is 4.90 Å². The quantitative estimate of drug-likeness (QED) is 0.660. The maximum Gasteiger partial charge on any atom is 0.0865 e. The molecule has 0 atom stereocenters. The summed E-state index contributed by atoms with van der Waals surface area (Å²) >= 11 is 0. The maximum absolute atomic E-state index is 2.39. The van der Waals surface area contributed by atoms with Crippen molar-refractivity contribution in [2.24, 2.45) is 5.41 Å². The number of nitrogens with two attached hydrogens (primary N) is 1. The fourth-order valence-corrected chi connectivity index (χ4v) is 1.33. The van der Waals surface area contributed by atoms with Gasteiger partial charge in [0.1, 0.15) is 0 Å². The van der Waals surface area contributed by atoms with E-state index < -0.39 is 0 Å². The molecule has 0 unspecified atom stereocenters. The van der Waals surface area contributed by atoms with Crippen LogP contribution in [0.4, 0.5) is 0 Å². The van der Waals surface area contributed by atoms with Gasteiger partial charge in [-0.25, -0.2) is 0 Å². The van der Waals surface area contributed by atoms with E-state index in [1.54, 1.807) is 0 Å². The molecule has 0 aromatic rings. The first-order valence-corrected chi connectivity index (χ1v) is 5.09. The molecular formula is C10H25N2+. The third-order valence-electron chi connectivity index (χ3n) is 2.44. The van der Waals surface area contributed by atoms with Crippen molar-refractivity contribution in [3.05, 3.63) is 0 Å². The fraction of sp³-hybridized carbons (Fsp3) is 1.00. The smallest absolute Gasteiger partial charge is 0.0865 e. The monoisotopic (exact) mass is 173 g/mol. The van der Waals surface area contributed by atoms with Gasteiger partial charge in [-0.1, -0.05) is 13.8 Å². The number of nitrogens with zero attached hydrogens (tertiary/aromatic N) is 1. The second kappa shape index (κ2) is 5.55. The van der Waals surface area contributed by atoms with Crippen LogP contribution in [0.5, 0.6) is 0 Å². The van der Waals surface area contributed by atoms with Gasteiger partial charge >= 0.3 is 0 Å². The summed E-state index contributed by atoms with van der Waals surface area (Å²) in [6, 6.07) is 0. The second-order valence-corrected chi connectivity index (χ2v) is 4.06. The van der Waals surface area contributed by atoms with Gasteiger partial charge in [0.2, 0.25) is 0 Å². The molecule has 12 heavy (non-hydrogen) atoms. The van der Waals surface area contributed by atoms with Crippen molar-refractivity contribution in [3.8, 4) is 0 Å². The number of hydrogen-bond acceptors (Lipinski definition) is 1. The summed E-state index contributed by atoms with van der Waals surface area (Å²) in [6.45, 7) is 10.3. The highest BCUT2D eigenvalue weighted by Crippen LogP contribution is 2.20. The lowest BCUT2D eigenvalue weighted by Gasteiger charge is -2.35. The van der Waals surface area contributed by atoms with Crippen molar-refractivity contribution >= 4 is 0 Å². The maximum atomic E-state index is 2.39. The molecule has 1 rings (SSSR count). The summed E-state index contributed by atoms with van der Waals surface area (Å²) in [5, 5.41) is 2.38. The molecule has 2 heteroatoms. The molecule has 1 saturated heterocycles. The third-order valence-corrected chi connectivity index (χ3v) is 2.44. The highest BCUT2D eigenvalue weighted by Gasteiger charge is 2.35. The average molecular weight is 173 g/mol. The zero-order valence-electron chi connectivity index (χ0n) is 9.35. The van der Waals surface area contributed by atoms with Gasteiger partial charge in [-0.3, -0.25) is 0 Å². The molecule has 0 bridgehead atoms. The van der Waals surface area contributed by atoms with Crippen LogP contribution in [0, 0.1) is 5.41 Å². The molecule has 1 fully saturated rings. The Kier molecular flexibility index (Phi) is 5.51. The second-order valence-electron chi connectivity index (χ2n) is 4.06. The van der Waals surface area contributed by atoms with Gasteiger partial charge < -0.3 is 10.2 Å². The topological polar surface area (TPSA) is 19.9 Å². The first kappa shape index (κ1) is 11.9. The largest absolute Gasteiger partial charge is 0.345 e. The minimum absolute atomic E-state index is 0.657. The molecule has 0 amide bonds. The van der Waals surface area contributed by atoms with Crippen LogP contribution in [0.3, 0.4) is 0 Å². The van der Waals surface area contributed by atoms with Gasteiger partial charge in [0, 0.05) is 0 Å². The average Bonchev–Trinajstić information content (AvgIpc) is 2.01. The van der Waals surface area contributed by atoms with Gasteiger partial charge in [-0.2, -0.15) is 0 Å². The molecule has 0 saturated carbocycles. The highest BCUT2D eigenvalue weighted by atomic mass is 15.1. The van der Waals surface area contributed by atoms with Crippen LogP contribution in [0.15, 0.2) is 0 Å². The van der Waals surface area contributed by atoms with Gasteiger partial charge in [0.25, 0.3) is 0 Å². The molecule has 2 nitrogen and oxygen atoms in total. The minimum Gasteiger partial charge on any atom is -0.345 e. The van der Waals surface area contributed by atoms with E-state index in [0.29, 0.717) is 5.41 Å². The summed E-state index contributed by atoms with van der Waals surface area (Å²) < 4.78 is 0. The predicted molar refractivity (Wildman–Crippen MR) is 54.3 cm³/mol. The molecule has 1 heterocycles. The summed E-state index contributed by atoms with van der Waals surface area (Å²) in [6.07, 6.45) is 1.36. The van der Waals surface area contributed by atoms with E-state index in [1.165, 1.54) is 26.1 Å². The Morgan fingerprint density at radius 2 is 1.75 bits per heavy atom. The Balaban J connectivity index is 0.000000561. The summed E-state index contributed by atoms with van der Waals surface area (Å²) in [7, 11) is 4.29. The van der Waals surface area contributed by atoms with Gasteiger partial charge in [-0.05, 0) is 34.0 Å². The SMILES string of the molecule is CC.CN(C)CCC1(C)C[NH2+]C1. The molecule has 2 N–H and O–H groups in total. The highest BCUT2D eigenvalue weighted by molar-refractivity contribution is 4.77. The van der Waals surface area contributed by atoms with Crippen LogP contribution < -0.4 is 5.32 Å². The zero-order chi connectivity index (χ0) is 9.61. The van der Waals surface area contributed by atoms with Crippen molar-refractivity contribution in [2.45, 2.75) is 27.2 Å². The molecule has 0 radical (unpaired) electrons. The summed E-state index contributed by atoms with van der Waals surface area (Å²) in [5.74, 6) is 0. The third kappa shape index (κ3) is 4.07. The van der Waals surface area contributed by atoms with E-state index in [2.05, 4.69) is 31.2 Å². The predicted octanol–water partition coefficient (Wildman–Crippen LogP) is 0.548. The van der Waals surface area contributed by atoms with Gasteiger partial charge in [0.05, 0.1) is 18.5 Å². The Morgan fingerprint density at radius 1 is 1.25 bits per heavy atom. The van der Waals surface area contributed by atoms with Crippen LogP contribution in [-0.2, 0) is 0 Å². The van der Waals surface area contributed by atoms with Crippen molar-refractivity contribution in [2.75, 3.05) is 33.7 Å². The number of rotatable bonds is 3. The van der Waals surface area contributed by atoms with E-state index in [9.17, 15) is 0 Å². The van der Waals surface area contributed by atoms with Crippen LogP contribution in [0.1, 0.15) is 27.2 Å². The van der Waals surface area contributed by atoms with Gasteiger partial charge in [0.15, 0.2) is 0 Å².